The third-order valence-corrected chi connectivity index (χ3v) is 5.27. The summed E-state index contributed by atoms with van der Waals surface area (Å²) in [6.45, 7) is -0.0341. The summed E-state index contributed by atoms with van der Waals surface area (Å²) >= 11 is 0. The Morgan fingerprint density at radius 3 is 2.20 bits per heavy atom. The van der Waals surface area contributed by atoms with E-state index in [0.29, 0.717) is 11.1 Å². The standard InChI is InChI=1S/C17H16N2O5S/c20-10-4-9-18-25(23,24)13-6-3-5-12(11-13)19-16(21)14-7-1-2-8-15(14)17(19)22/h1-3,5-8,11,18,20H,4,9-10H2. The first-order chi connectivity index (χ1) is 12.0. The van der Waals surface area contributed by atoms with Crippen LogP contribution in [0.4, 0.5) is 5.69 Å². The lowest BCUT2D eigenvalue weighted by Crippen LogP contribution is -2.30. The van der Waals surface area contributed by atoms with Crippen molar-refractivity contribution in [3.8, 4) is 0 Å². The molecule has 0 atom stereocenters. The molecule has 7 nitrogen and oxygen atoms in total. The number of hydrogen-bond acceptors (Lipinski definition) is 5. The number of anilines is 1. The average Bonchev–Trinajstić information content (AvgIpc) is 2.87. The lowest BCUT2D eigenvalue weighted by Gasteiger charge is -2.15. The van der Waals surface area contributed by atoms with Crippen molar-refractivity contribution in [3.05, 3.63) is 59.7 Å². The highest BCUT2D eigenvalue weighted by molar-refractivity contribution is 7.89. The van der Waals surface area contributed by atoms with Crippen LogP contribution in [0.25, 0.3) is 0 Å². The Morgan fingerprint density at radius 2 is 1.60 bits per heavy atom. The van der Waals surface area contributed by atoms with E-state index in [2.05, 4.69) is 4.72 Å². The number of amides is 2. The Bertz CT molecular complexity index is 905. The summed E-state index contributed by atoms with van der Waals surface area (Å²) in [5.41, 5.74) is 0.778. The quantitative estimate of drug-likeness (QED) is 0.594. The Hall–Kier alpha value is -2.55. The van der Waals surface area contributed by atoms with Crippen molar-refractivity contribution in [1.29, 1.82) is 0 Å². The SMILES string of the molecule is O=C1c2ccccc2C(=O)N1c1cccc(S(=O)(=O)NCCCO)c1. The van der Waals surface area contributed by atoms with E-state index in [1.807, 2.05) is 0 Å². The highest BCUT2D eigenvalue weighted by Crippen LogP contribution is 2.29. The fraction of sp³-hybridized carbons (Fsp3) is 0.176. The number of carbonyl (C=O) groups is 2. The number of fused-ring (bicyclic) bond motifs is 1. The van der Waals surface area contributed by atoms with Gasteiger partial charge in [0.2, 0.25) is 10.0 Å². The zero-order valence-electron chi connectivity index (χ0n) is 13.2. The number of benzene rings is 2. The number of carbonyl (C=O) groups excluding carboxylic acids is 2. The second-order valence-electron chi connectivity index (χ2n) is 5.46. The van der Waals surface area contributed by atoms with Crippen LogP contribution in [0.15, 0.2) is 53.4 Å². The normalized spacial score (nSPS) is 14.0. The molecule has 0 fully saturated rings. The Morgan fingerprint density at radius 1 is 0.960 bits per heavy atom. The number of imide groups is 1. The molecule has 1 aliphatic heterocycles. The zero-order chi connectivity index (χ0) is 18.0. The lowest BCUT2D eigenvalue weighted by molar-refractivity contribution is 0.0926. The second-order valence-corrected chi connectivity index (χ2v) is 7.23. The van der Waals surface area contributed by atoms with Gasteiger partial charge in [0.05, 0.1) is 21.7 Å². The van der Waals surface area contributed by atoms with Gasteiger partial charge in [-0.25, -0.2) is 18.0 Å². The molecule has 2 amide bonds. The number of hydrogen-bond donors (Lipinski definition) is 2. The number of nitrogens with one attached hydrogen (secondary N) is 1. The van der Waals surface area contributed by atoms with Crippen LogP contribution < -0.4 is 9.62 Å². The van der Waals surface area contributed by atoms with Crippen molar-refractivity contribution >= 4 is 27.5 Å². The molecule has 1 aliphatic rings. The van der Waals surface area contributed by atoms with Crippen LogP contribution in [0.3, 0.4) is 0 Å². The van der Waals surface area contributed by atoms with E-state index in [4.69, 9.17) is 5.11 Å². The number of rotatable bonds is 6. The van der Waals surface area contributed by atoms with Crippen LogP contribution in [-0.4, -0.2) is 38.5 Å². The van der Waals surface area contributed by atoms with E-state index >= 15 is 0 Å². The van der Waals surface area contributed by atoms with Crippen LogP contribution in [0.1, 0.15) is 27.1 Å². The molecule has 2 aromatic carbocycles. The third kappa shape index (κ3) is 3.19. The van der Waals surface area contributed by atoms with Crippen LogP contribution >= 0.6 is 0 Å². The summed E-state index contributed by atoms with van der Waals surface area (Å²) in [5, 5.41) is 8.75. The molecule has 3 rings (SSSR count). The van der Waals surface area contributed by atoms with Gasteiger partial charge in [-0.2, -0.15) is 0 Å². The van der Waals surface area contributed by atoms with Gasteiger partial charge in [-0.15, -0.1) is 0 Å². The van der Waals surface area contributed by atoms with Crippen LogP contribution in [0.2, 0.25) is 0 Å². The topological polar surface area (TPSA) is 104 Å². The summed E-state index contributed by atoms with van der Waals surface area (Å²) in [4.78, 5) is 25.9. The van der Waals surface area contributed by atoms with Crippen molar-refractivity contribution in [2.45, 2.75) is 11.3 Å². The van der Waals surface area contributed by atoms with E-state index in [-0.39, 0.29) is 30.2 Å². The van der Waals surface area contributed by atoms with Gasteiger partial charge < -0.3 is 5.11 Å². The smallest absolute Gasteiger partial charge is 0.266 e. The molecule has 1 heterocycles. The molecular weight excluding hydrogens is 344 g/mol. The Labute approximate surface area is 144 Å². The number of nitrogens with zero attached hydrogens (tertiary/aromatic N) is 1. The van der Waals surface area contributed by atoms with E-state index in [1.54, 1.807) is 24.3 Å². The van der Waals surface area contributed by atoms with E-state index in [9.17, 15) is 18.0 Å². The largest absolute Gasteiger partial charge is 0.396 e. The summed E-state index contributed by atoms with van der Waals surface area (Å²) in [7, 11) is -3.80. The van der Waals surface area contributed by atoms with Gasteiger partial charge in [0.15, 0.2) is 0 Å². The molecule has 0 bridgehead atoms. The summed E-state index contributed by atoms with van der Waals surface area (Å²) in [6.07, 6.45) is 0.289. The Kier molecular flexibility index (Phi) is 4.67. The molecular formula is C17H16N2O5S. The van der Waals surface area contributed by atoms with E-state index < -0.39 is 21.8 Å². The molecule has 130 valence electrons. The highest BCUT2D eigenvalue weighted by Gasteiger charge is 2.36. The molecule has 2 aromatic rings. The second kappa shape index (κ2) is 6.75. The van der Waals surface area contributed by atoms with Gasteiger partial charge in [0.1, 0.15) is 0 Å². The number of sulfonamides is 1. The number of aliphatic hydroxyl groups is 1. The molecule has 25 heavy (non-hydrogen) atoms. The van der Waals surface area contributed by atoms with Gasteiger partial charge in [-0.1, -0.05) is 18.2 Å². The molecule has 0 saturated carbocycles. The fourth-order valence-electron chi connectivity index (χ4n) is 2.58. The molecule has 0 aliphatic carbocycles. The highest BCUT2D eigenvalue weighted by atomic mass is 32.2. The van der Waals surface area contributed by atoms with Gasteiger partial charge >= 0.3 is 0 Å². The predicted octanol–water partition coefficient (Wildman–Crippen LogP) is 1.15. The maximum Gasteiger partial charge on any atom is 0.266 e. The van der Waals surface area contributed by atoms with Crippen LogP contribution in [0.5, 0.6) is 0 Å². The van der Waals surface area contributed by atoms with E-state index in [1.165, 1.54) is 24.3 Å². The summed E-state index contributed by atoms with van der Waals surface area (Å²) < 4.78 is 26.9. The van der Waals surface area contributed by atoms with Gasteiger partial charge in [0, 0.05) is 13.2 Å². The monoisotopic (exact) mass is 360 g/mol. The van der Waals surface area contributed by atoms with Crippen molar-refractivity contribution in [1.82, 2.24) is 4.72 Å². The van der Waals surface area contributed by atoms with Crippen LogP contribution in [-0.2, 0) is 10.0 Å². The molecule has 8 heteroatoms. The maximum absolute atomic E-state index is 12.5. The molecule has 2 N–H and O–H groups in total. The van der Waals surface area contributed by atoms with Gasteiger partial charge in [0.25, 0.3) is 11.8 Å². The first-order valence-electron chi connectivity index (χ1n) is 7.64. The minimum atomic E-state index is -3.80. The van der Waals surface area contributed by atoms with E-state index in [0.717, 1.165) is 4.90 Å². The van der Waals surface area contributed by atoms with Crippen molar-refractivity contribution in [2.24, 2.45) is 0 Å². The first-order valence-corrected chi connectivity index (χ1v) is 9.12. The number of aliphatic hydroxyl groups excluding tert-OH is 1. The van der Waals surface area contributed by atoms with Crippen LogP contribution in [0, 0.1) is 0 Å². The average molecular weight is 360 g/mol. The first kappa shape index (κ1) is 17.3. The van der Waals surface area contributed by atoms with Crippen molar-refractivity contribution in [3.63, 3.8) is 0 Å². The zero-order valence-corrected chi connectivity index (χ0v) is 14.0. The molecule has 0 saturated heterocycles. The fourth-order valence-corrected chi connectivity index (χ4v) is 3.70. The Balaban J connectivity index is 1.93. The maximum atomic E-state index is 12.5. The molecule has 0 aromatic heterocycles. The summed E-state index contributed by atoms with van der Waals surface area (Å²) in [5.74, 6) is -0.966. The minimum absolute atomic E-state index is 0.0560. The van der Waals surface area contributed by atoms with Gasteiger partial charge in [-0.3, -0.25) is 9.59 Å². The third-order valence-electron chi connectivity index (χ3n) is 3.81. The molecule has 0 radical (unpaired) electrons. The van der Waals surface area contributed by atoms with Crippen molar-refractivity contribution in [2.75, 3.05) is 18.1 Å². The van der Waals surface area contributed by atoms with Crippen molar-refractivity contribution < 1.29 is 23.1 Å². The molecule has 0 unspecified atom stereocenters. The van der Waals surface area contributed by atoms with Gasteiger partial charge in [-0.05, 0) is 36.8 Å². The lowest BCUT2D eigenvalue weighted by atomic mass is 10.1. The summed E-state index contributed by atoms with van der Waals surface area (Å²) in [6, 6.07) is 12.1. The predicted molar refractivity (Wildman–Crippen MR) is 90.9 cm³/mol. The molecule has 0 spiro atoms. The minimum Gasteiger partial charge on any atom is -0.396 e.